The Morgan fingerprint density at radius 2 is 1.88 bits per heavy atom. The van der Waals surface area contributed by atoms with Crippen LogP contribution in [0.4, 0.5) is 17.1 Å². The number of amides is 1. The number of nitrogens with zero attached hydrogens (tertiary/aromatic N) is 2. The average molecular weight is 354 g/mol. The van der Waals surface area contributed by atoms with E-state index >= 15 is 0 Å². The van der Waals surface area contributed by atoms with Crippen molar-refractivity contribution < 1.29 is 4.79 Å². The van der Waals surface area contributed by atoms with E-state index in [4.69, 9.17) is 0 Å². The molecule has 0 fully saturated rings. The quantitative estimate of drug-likeness (QED) is 0.641. The molecular weight excluding hydrogens is 324 g/mol. The molecule has 1 amide bonds. The zero-order valence-electron chi connectivity index (χ0n) is 16.3. The number of aromatic nitrogens is 1. The Balaban J connectivity index is 2.08. The van der Waals surface area contributed by atoms with Crippen LogP contribution in [0.3, 0.4) is 0 Å². The molecule has 0 spiro atoms. The van der Waals surface area contributed by atoms with Crippen LogP contribution in [0, 0.1) is 6.92 Å². The van der Waals surface area contributed by atoms with E-state index in [2.05, 4.69) is 47.4 Å². The van der Waals surface area contributed by atoms with Crippen molar-refractivity contribution >= 4 is 23.0 Å². The van der Waals surface area contributed by atoms with Crippen molar-refractivity contribution in [1.29, 1.82) is 0 Å². The molecule has 0 radical (unpaired) electrons. The Morgan fingerprint density at radius 1 is 1.12 bits per heavy atom. The Bertz CT molecular complexity index is 726. The zero-order chi connectivity index (χ0) is 18.9. The molecule has 0 unspecified atom stereocenters. The van der Waals surface area contributed by atoms with Gasteiger partial charge in [-0.25, -0.2) is 0 Å². The van der Waals surface area contributed by atoms with Gasteiger partial charge in [0.25, 0.3) is 5.91 Å². The molecule has 2 rings (SSSR count). The van der Waals surface area contributed by atoms with Crippen LogP contribution < -0.4 is 15.5 Å². The van der Waals surface area contributed by atoms with Gasteiger partial charge in [0.15, 0.2) is 0 Å². The van der Waals surface area contributed by atoms with Crippen LogP contribution in [0.25, 0.3) is 0 Å². The van der Waals surface area contributed by atoms with Crippen molar-refractivity contribution in [1.82, 2.24) is 4.98 Å². The van der Waals surface area contributed by atoms with E-state index in [1.807, 2.05) is 25.1 Å². The minimum absolute atomic E-state index is 0.192. The molecule has 0 aliphatic carbocycles. The van der Waals surface area contributed by atoms with Gasteiger partial charge in [-0.15, -0.1) is 0 Å². The molecule has 140 valence electrons. The first-order valence-corrected chi connectivity index (χ1v) is 9.45. The minimum Gasteiger partial charge on any atom is -0.385 e. The molecule has 0 saturated heterocycles. The summed E-state index contributed by atoms with van der Waals surface area (Å²) >= 11 is 0. The second-order valence-corrected chi connectivity index (χ2v) is 6.34. The number of pyridine rings is 1. The van der Waals surface area contributed by atoms with Gasteiger partial charge in [0, 0.05) is 42.9 Å². The molecule has 0 aliphatic heterocycles. The molecule has 0 aliphatic rings. The summed E-state index contributed by atoms with van der Waals surface area (Å²) in [6, 6.07) is 9.80. The highest BCUT2D eigenvalue weighted by molar-refractivity contribution is 6.03. The largest absolute Gasteiger partial charge is 0.385 e. The third-order valence-corrected chi connectivity index (χ3v) is 4.44. The smallest absolute Gasteiger partial charge is 0.274 e. The number of rotatable bonds is 9. The van der Waals surface area contributed by atoms with Gasteiger partial charge in [-0.05, 0) is 63.1 Å². The van der Waals surface area contributed by atoms with E-state index in [0.29, 0.717) is 5.69 Å². The second-order valence-electron chi connectivity index (χ2n) is 6.34. The normalized spacial score (nSPS) is 10.5. The fraction of sp³-hybridized carbons (Fsp3) is 0.429. The second kappa shape index (κ2) is 9.80. The summed E-state index contributed by atoms with van der Waals surface area (Å²) in [5.41, 5.74) is 4.37. The minimum atomic E-state index is -0.192. The van der Waals surface area contributed by atoms with E-state index in [1.165, 1.54) is 5.69 Å². The number of aryl methyl sites for hydroxylation is 1. The Morgan fingerprint density at radius 3 is 2.54 bits per heavy atom. The number of carbonyl (C=O) groups is 1. The highest BCUT2D eigenvalue weighted by Gasteiger charge is 2.11. The lowest BCUT2D eigenvalue weighted by Gasteiger charge is -2.22. The Labute approximate surface area is 156 Å². The molecule has 0 bridgehead atoms. The molecule has 1 aromatic heterocycles. The highest BCUT2D eigenvalue weighted by atomic mass is 16.1. The standard InChI is InChI=1S/C21H30N4O/c1-5-8-12-22-17-11-13-23-20(15-17)21(26)24-19-10-9-18(14-16(19)4)25(6-2)7-3/h9-11,13-15H,5-8,12H2,1-4H3,(H,22,23)(H,24,26). The van der Waals surface area contributed by atoms with Crippen molar-refractivity contribution in [3.8, 4) is 0 Å². The monoisotopic (exact) mass is 354 g/mol. The molecule has 26 heavy (non-hydrogen) atoms. The van der Waals surface area contributed by atoms with Crippen molar-refractivity contribution in [3.63, 3.8) is 0 Å². The maximum absolute atomic E-state index is 12.6. The van der Waals surface area contributed by atoms with E-state index in [0.717, 1.165) is 49.4 Å². The number of hydrogen-bond donors (Lipinski definition) is 2. The summed E-state index contributed by atoms with van der Waals surface area (Å²) in [6.07, 6.45) is 3.90. The number of hydrogen-bond acceptors (Lipinski definition) is 4. The van der Waals surface area contributed by atoms with Crippen molar-refractivity contribution in [2.45, 2.75) is 40.5 Å². The van der Waals surface area contributed by atoms with Crippen LogP contribution in [-0.4, -0.2) is 30.5 Å². The third-order valence-electron chi connectivity index (χ3n) is 4.44. The molecule has 1 heterocycles. The van der Waals surface area contributed by atoms with E-state index in [1.54, 1.807) is 12.3 Å². The summed E-state index contributed by atoms with van der Waals surface area (Å²) in [5, 5.41) is 6.30. The van der Waals surface area contributed by atoms with Gasteiger partial charge in [-0.1, -0.05) is 13.3 Å². The lowest BCUT2D eigenvalue weighted by atomic mass is 10.1. The van der Waals surface area contributed by atoms with Gasteiger partial charge < -0.3 is 15.5 Å². The molecule has 1 aromatic carbocycles. The van der Waals surface area contributed by atoms with E-state index in [-0.39, 0.29) is 5.91 Å². The number of benzene rings is 1. The van der Waals surface area contributed by atoms with Gasteiger partial charge in [0.1, 0.15) is 5.69 Å². The average Bonchev–Trinajstić information content (AvgIpc) is 2.65. The van der Waals surface area contributed by atoms with Crippen molar-refractivity contribution in [2.24, 2.45) is 0 Å². The van der Waals surface area contributed by atoms with E-state index in [9.17, 15) is 4.79 Å². The molecular formula is C21H30N4O. The van der Waals surface area contributed by atoms with Gasteiger partial charge in [-0.3, -0.25) is 9.78 Å². The molecule has 0 atom stereocenters. The topological polar surface area (TPSA) is 57.3 Å². The fourth-order valence-electron chi connectivity index (χ4n) is 2.83. The van der Waals surface area contributed by atoms with Crippen LogP contribution in [0.2, 0.25) is 0 Å². The summed E-state index contributed by atoms with van der Waals surface area (Å²) in [4.78, 5) is 19.1. The predicted molar refractivity (Wildman–Crippen MR) is 110 cm³/mol. The first kappa shape index (κ1) is 19.8. The molecule has 2 N–H and O–H groups in total. The zero-order valence-corrected chi connectivity index (χ0v) is 16.3. The van der Waals surface area contributed by atoms with Crippen LogP contribution >= 0.6 is 0 Å². The highest BCUT2D eigenvalue weighted by Crippen LogP contribution is 2.23. The number of nitrogens with one attached hydrogen (secondary N) is 2. The SMILES string of the molecule is CCCCNc1ccnc(C(=O)Nc2ccc(N(CC)CC)cc2C)c1. The summed E-state index contributed by atoms with van der Waals surface area (Å²) in [5.74, 6) is -0.192. The maximum Gasteiger partial charge on any atom is 0.274 e. The summed E-state index contributed by atoms with van der Waals surface area (Å²) in [6.45, 7) is 11.3. The van der Waals surface area contributed by atoms with Crippen LogP contribution in [-0.2, 0) is 0 Å². The maximum atomic E-state index is 12.6. The first-order chi connectivity index (χ1) is 12.6. The van der Waals surface area contributed by atoms with Crippen LogP contribution in [0.5, 0.6) is 0 Å². The lowest BCUT2D eigenvalue weighted by molar-refractivity contribution is 0.102. The number of anilines is 3. The lowest BCUT2D eigenvalue weighted by Crippen LogP contribution is -2.22. The predicted octanol–water partition coefficient (Wildman–Crippen LogP) is 4.70. The molecule has 5 heteroatoms. The van der Waals surface area contributed by atoms with Crippen molar-refractivity contribution in [2.75, 3.05) is 35.2 Å². The number of unbranched alkanes of at least 4 members (excludes halogenated alkanes) is 1. The first-order valence-electron chi connectivity index (χ1n) is 9.45. The molecule has 2 aromatic rings. The fourth-order valence-corrected chi connectivity index (χ4v) is 2.83. The number of carbonyl (C=O) groups excluding carboxylic acids is 1. The van der Waals surface area contributed by atoms with E-state index < -0.39 is 0 Å². The van der Waals surface area contributed by atoms with Gasteiger partial charge in [0.2, 0.25) is 0 Å². The van der Waals surface area contributed by atoms with Crippen LogP contribution in [0.1, 0.15) is 49.7 Å². The molecule has 5 nitrogen and oxygen atoms in total. The van der Waals surface area contributed by atoms with Gasteiger partial charge >= 0.3 is 0 Å². The summed E-state index contributed by atoms with van der Waals surface area (Å²) in [7, 11) is 0. The Kier molecular flexibility index (Phi) is 7.45. The van der Waals surface area contributed by atoms with Gasteiger partial charge in [-0.2, -0.15) is 0 Å². The van der Waals surface area contributed by atoms with Gasteiger partial charge in [0.05, 0.1) is 0 Å². The Hall–Kier alpha value is -2.56. The third kappa shape index (κ3) is 5.22. The molecule has 0 saturated carbocycles. The van der Waals surface area contributed by atoms with Crippen molar-refractivity contribution in [3.05, 3.63) is 47.8 Å². The summed E-state index contributed by atoms with van der Waals surface area (Å²) < 4.78 is 0. The van der Waals surface area contributed by atoms with Crippen LogP contribution in [0.15, 0.2) is 36.5 Å².